The van der Waals surface area contributed by atoms with Gasteiger partial charge in [0.2, 0.25) is 0 Å². The number of aliphatic hydroxyl groups excluding tert-OH is 6. The number of phosphoric ester groups is 1. The fourth-order valence-electron chi connectivity index (χ4n) is 6.81. The van der Waals surface area contributed by atoms with Crippen molar-refractivity contribution in [2.24, 2.45) is 0 Å². The lowest BCUT2D eigenvalue weighted by Gasteiger charge is -2.41. The van der Waals surface area contributed by atoms with E-state index < -0.39 is 81.8 Å². The lowest BCUT2D eigenvalue weighted by Crippen LogP contribution is -2.64. The summed E-state index contributed by atoms with van der Waals surface area (Å²) in [4.78, 5) is 35.8. The molecule has 0 aromatic rings. The Bertz CT molecular complexity index is 1410. The molecule has 1 saturated carbocycles. The molecule has 1 aliphatic carbocycles. The lowest BCUT2D eigenvalue weighted by atomic mass is 9.85. The van der Waals surface area contributed by atoms with Gasteiger partial charge in [-0.3, -0.25) is 18.6 Å². The van der Waals surface area contributed by atoms with Crippen molar-refractivity contribution in [3.8, 4) is 0 Å². The zero-order valence-electron chi connectivity index (χ0n) is 38.7. The minimum Gasteiger partial charge on any atom is -0.462 e. The number of hydrogen-bond acceptors (Lipinski definition) is 13. The van der Waals surface area contributed by atoms with Gasteiger partial charge in [-0.2, -0.15) is 0 Å². The molecule has 1 fully saturated rings. The summed E-state index contributed by atoms with van der Waals surface area (Å²) in [7, 11) is -5.18. The largest absolute Gasteiger partial charge is 0.472 e. The smallest absolute Gasteiger partial charge is 0.462 e. The fraction of sp³-hybridized carbons (Fsp3) is 0.714. The van der Waals surface area contributed by atoms with Crippen LogP contribution in [0.1, 0.15) is 162 Å². The Morgan fingerprint density at radius 3 is 1.52 bits per heavy atom. The van der Waals surface area contributed by atoms with E-state index in [4.69, 9.17) is 18.5 Å². The van der Waals surface area contributed by atoms with Crippen LogP contribution in [0.25, 0.3) is 0 Å². The summed E-state index contributed by atoms with van der Waals surface area (Å²) in [6.07, 6.45) is 31.3. The molecule has 4 unspecified atom stereocenters. The zero-order chi connectivity index (χ0) is 47.3. The van der Waals surface area contributed by atoms with Crippen LogP contribution in [-0.4, -0.2) is 110 Å². The first-order valence-electron chi connectivity index (χ1n) is 23.8. The molecule has 0 aliphatic heterocycles. The van der Waals surface area contributed by atoms with Gasteiger partial charge < -0.3 is 45.0 Å². The molecule has 0 radical (unpaired) electrons. The van der Waals surface area contributed by atoms with Crippen LogP contribution < -0.4 is 0 Å². The molecule has 368 valence electrons. The first-order valence-corrected chi connectivity index (χ1v) is 25.3. The molecule has 0 spiro atoms. The fourth-order valence-corrected chi connectivity index (χ4v) is 7.78. The van der Waals surface area contributed by atoms with Gasteiger partial charge in [0.25, 0.3) is 0 Å². The molecule has 64 heavy (non-hydrogen) atoms. The van der Waals surface area contributed by atoms with Gasteiger partial charge in [0.15, 0.2) is 6.10 Å². The van der Waals surface area contributed by atoms with Crippen molar-refractivity contribution < 1.29 is 68.2 Å². The van der Waals surface area contributed by atoms with Crippen LogP contribution in [0.2, 0.25) is 0 Å². The van der Waals surface area contributed by atoms with Crippen molar-refractivity contribution in [3.05, 3.63) is 72.9 Å². The third kappa shape index (κ3) is 30.5. The van der Waals surface area contributed by atoms with Gasteiger partial charge in [0, 0.05) is 12.8 Å². The standard InChI is InChI=1S/C49H83O14P/c1-3-5-7-9-11-13-15-17-19-21-22-24-26-28-30-32-34-40(50)36-37-42(51)60-38-41(39-61-64(58,59)63-49-47(56)45(54)44(53)46(55)48(49)57)62-43(52)35-33-31-29-27-25-23-20-18-16-14-12-10-8-6-4-2/h5,7,11,13,17,19,22,24,28,30,32,34,40-41,44-50,53-57H,3-4,6,8-10,12,14-16,18,20-21,23,25-27,29,31,33,35-39H2,1-2H3,(H,58,59)/b7-5-,13-11-,19-17-,24-22-,30-28-,34-32-/t40?,41-,44?,45-,46+,47-,48-,49?/m1/s1. The molecule has 0 saturated heterocycles. The number of phosphoric acid groups is 1. The molecule has 0 heterocycles. The van der Waals surface area contributed by atoms with E-state index in [1.54, 1.807) is 12.2 Å². The predicted molar refractivity (Wildman–Crippen MR) is 250 cm³/mol. The highest BCUT2D eigenvalue weighted by atomic mass is 31.2. The number of aliphatic hydroxyl groups is 6. The Kier molecular flexibility index (Phi) is 35.5. The van der Waals surface area contributed by atoms with E-state index in [0.717, 1.165) is 57.8 Å². The van der Waals surface area contributed by atoms with E-state index in [9.17, 15) is 49.7 Å². The Labute approximate surface area is 383 Å². The van der Waals surface area contributed by atoms with Crippen molar-refractivity contribution >= 4 is 19.8 Å². The maximum absolute atomic E-state index is 12.8. The Hall–Kier alpha value is -2.75. The van der Waals surface area contributed by atoms with E-state index in [0.29, 0.717) is 6.42 Å². The van der Waals surface area contributed by atoms with Gasteiger partial charge in [0.05, 0.1) is 12.7 Å². The molecule has 7 N–H and O–H groups in total. The summed E-state index contributed by atoms with van der Waals surface area (Å²) >= 11 is 0. The number of hydrogen-bond donors (Lipinski definition) is 7. The quantitative estimate of drug-likeness (QED) is 0.0101. The first kappa shape index (κ1) is 59.3. The Balaban J connectivity index is 2.55. The number of carbonyl (C=O) groups is 2. The van der Waals surface area contributed by atoms with Gasteiger partial charge in [-0.05, 0) is 44.9 Å². The Morgan fingerprint density at radius 2 is 1.02 bits per heavy atom. The second-order valence-corrected chi connectivity index (χ2v) is 17.8. The summed E-state index contributed by atoms with van der Waals surface area (Å²) in [6, 6.07) is 0. The molecular formula is C49H83O14P. The molecule has 1 aliphatic rings. The molecule has 0 amide bonds. The van der Waals surface area contributed by atoms with E-state index >= 15 is 0 Å². The van der Waals surface area contributed by atoms with Gasteiger partial charge in [-0.15, -0.1) is 0 Å². The molecule has 1 rings (SSSR count). The Morgan fingerprint density at radius 1 is 0.562 bits per heavy atom. The second kappa shape index (κ2) is 38.4. The average molecular weight is 927 g/mol. The summed E-state index contributed by atoms with van der Waals surface area (Å²) < 4.78 is 33.4. The van der Waals surface area contributed by atoms with Crippen LogP contribution >= 0.6 is 7.82 Å². The van der Waals surface area contributed by atoms with Crippen molar-refractivity contribution in [1.29, 1.82) is 0 Å². The number of allylic oxidation sites excluding steroid dienone is 11. The maximum atomic E-state index is 12.8. The zero-order valence-corrected chi connectivity index (χ0v) is 39.6. The molecule has 9 atom stereocenters. The summed E-state index contributed by atoms with van der Waals surface area (Å²) in [5.74, 6) is -1.38. The van der Waals surface area contributed by atoms with Crippen molar-refractivity contribution in [2.45, 2.75) is 210 Å². The molecule has 15 heteroatoms. The van der Waals surface area contributed by atoms with Crippen molar-refractivity contribution in [3.63, 3.8) is 0 Å². The van der Waals surface area contributed by atoms with Gasteiger partial charge in [-0.25, -0.2) is 4.57 Å². The highest BCUT2D eigenvalue weighted by Crippen LogP contribution is 2.47. The summed E-state index contributed by atoms with van der Waals surface area (Å²) in [6.45, 7) is 2.97. The van der Waals surface area contributed by atoms with Gasteiger partial charge in [-0.1, -0.05) is 177 Å². The molecule has 0 bridgehead atoms. The van der Waals surface area contributed by atoms with Gasteiger partial charge >= 0.3 is 19.8 Å². The van der Waals surface area contributed by atoms with Crippen molar-refractivity contribution in [2.75, 3.05) is 13.2 Å². The van der Waals surface area contributed by atoms with Crippen LogP contribution in [0.4, 0.5) is 0 Å². The summed E-state index contributed by atoms with van der Waals surface area (Å²) in [5, 5.41) is 60.5. The minimum atomic E-state index is -5.18. The molecule has 0 aromatic heterocycles. The highest BCUT2D eigenvalue weighted by Gasteiger charge is 2.51. The lowest BCUT2D eigenvalue weighted by molar-refractivity contribution is -0.220. The number of carbonyl (C=O) groups excluding carboxylic acids is 2. The average Bonchev–Trinajstić information content (AvgIpc) is 3.27. The van der Waals surface area contributed by atoms with E-state index in [-0.39, 0.29) is 19.3 Å². The second-order valence-electron chi connectivity index (χ2n) is 16.4. The third-order valence-corrected chi connectivity index (χ3v) is 11.7. The van der Waals surface area contributed by atoms with E-state index in [2.05, 4.69) is 56.4 Å². The SMILES string of the molecule is CC/C=C\C/C=C\C/C=C\C/C=C\C/C=C\C=C/C(O)CCC(=O)OC[C@H](COP(=O)(O)OC1[C@H](O)[C@H](O)C(O)[C@H](O)[C@H]1O)OC(=O)CCCCCCCCCCCCCCCCC. The number of ether oxygens (including phenoxy) is 2. The maximum Gasteiger partial charge on any atom is 0.472 e. The normalized spacial score (nSPS) is 22.7. The van der Waals surface area contributed by atoms with Crippen LogP contribution in [-0.2, 0) is 32.7 Å². The molecular weight excluding hydrogens is 843 g/mol. The van der Waals surface area contributed by atoms with E-state index in [1.165, 1.54) is 70.3 Å². The van der Waals surface area contributed by atoms with Crippen LogP contribution in [0.3, 0.4) is 0 Å². The highest BCUT2D eigenvalue weighted by molar-refractivity contribution is 7.47. The topological polar surface area (TPSA) is 230 Å². The van der Waals surface area contributed by atoms with Crippen LogP contribution in [0, 0.1) is 0 Å². The van der Waals surface area contributed by atoms with Crippen LogP contribution in [0.15, 0.2) is 72.9 Å². The minimum absolute atomic E-state index is 0.0400. The summed E-state index contributed by atoms with van der Waals surface area (Å²) in [5.41, 5.74) is 0. The number of unbranched alkanes of at least 4 members (excludes halogenated alkanes) is 14. The number of rotatable bonds is 38. The predicted octanol–water partition coefficient (Wildman–Crippen LogP) is 8.47. The van der Waals surface area contributed by atoms with Crippen LogP contribution in [0.5, 0.6) is 0 Å². The van der Waals surface area contributed by atoms with Gasteiger partial charge in [0.1, 0.15) is 43.2 Å². The molecule has 14 nitrogen and oxygen atoms in total. The first-order chi connectivity index (χ1) is 30.8. The third-order valence-electron chi connectivity index (χ3n) is 10.7. The van der Waals surface area contributed by atoms with Crippen molar-refractivity contribution in [1.82, 2.24) is 0 Å². The monoisotopic (exact) mass is 927 g/mol. The van der Waals surface area contributed by atoms with E-state index in [1.807, 2.05) is 12.2 Å². The molecule has 0 aromatic carbocycles. The number of esters is 2.